The summed E-state index contributed by atoms with van der Waals surface area (Å²) in [6.07, 6.45) is 3.21. The van der Waals surface area contributed by atoms with Gasteiger partial charge in [-0.2, -0.15) is 0 Å². The minimum absolute atomic E-state index is 0.257. The highest BCUT2D eigenvalue weighted by Gasteiger charge is 2.21. The molecule has 1 fully saturated rings. The molecule has 1 unspecified atom stereocenters. The van der Waals surface area contributed by atoms with Crippen LogP contribution < -0.4 is 5.32 Å². The molecule has 1 aromatic heterocycles. The average Bonchev–Trinajstić information content (AvgIpc) is 3.21. The summed E-state index contributed by atoms with van der Waals surface area (Å²) in [5.74, 6) is -0.0412. The van der Waals surface area contributed by atoms with E-state index in [1.807, 2.05) is 18.2 Å². The number of fused-ring (bicyclic) bond motifs is 1. The van der Waals surface area contributed by atoms with Crippen molar-refractivity contribution in [1.29, 1.82) is 0 Å². The van der Waals surface area contributed by atoms with Crippen molar-refractivity contribution in [3.05, 3.63) is 56.8 Å². The van der Waals surface area contributed by atoms with Crippen molar-refractivity contribution in [2.45, 2.75) is 39.3 Å². The van der Waals surface area contributed by atoms with Gasteiger partial charge in [0.2, 0.25) is 0 Å². The first-order valence-electron chi connectivity index (χ1n) is 11.0. The topological polar surface area (TPSA) is 67.9 Å². The fourth-order valence-corrected chi connectivity index (χ4v) is 5.14. The normalized spacial score (nSPS) is 18.9. The number of carbonyl (C=O) groups is 2. The molecule has 2 aromatic rings. The molecule has 6 nitrogen and oxygen atoms in total. The van der Waals surface area contributed by atoms with Crippen LogP contribution in [-0.4, -0.2) is 49.7 Å². The van der Waals surface area contributed by atoms with E-state index in [1.54, 1.807) is 0 Å². The number of ether oxygens (including phenoxy) is 2. The van der Waals surface area contributed by atoms with Gasteiger partial charge in [0.15, 0.2) is 6.61 Å². The molecule has 0 bridgehead atoms. The molecule has 1 amide bonds. The summed E-state index contributed by atoms with van der Waals surface area (Å²) in [7, 11) is 0. The molecule has 1 aromatic carbocycles. The van der Waals surface area contributed by atoms with E-state index >= 15 is 0 Å². The van der Waals surface area contributed by atoms with Crippen LogP contribution in [0.3, 0.4) is 0 Å². The zero-order chi connectivity index (χ0) is 21.6. The van der Waals surface area contributed by atoms with Crippen molar-refractivity contribution in [1.82, 2.24) is 10.2 Å². The van der Waals surface area contributed by atoms with Crippen LogP contribution in [-0.2, 0) is 40.2 Å². The Bertz CT molecular complexity index is 903. The summed E-state index contributed by atoms with van der Waals surface area (Å²) in [5.41, 5.74) is 3.53. The van der Waals surface area contributed by atoms with Gasteiger partial charge in [-0.3, -0.25) is 9.69 Å². The lowest BCUT2D eigenvalue weighted by Gasteiger charge is -2.26. The van der Waals surface area contributed by atoms with E-state index in [0.717, 1.165) is 51.3 Å². The molecule has 0 spiro atoms. The summed E-state index contributed by atoms with van der Waals surface area (Å²) in [4.78, 5) is 28.7. The SMILES string of the molecule is CC1CCc2sc(C(=O)OCC(=O)NCc3ccc(CN4CCOCC4)cc3)cc2C1. The van der Waals surface area contributed by atoms with Gasteiger partial charge in [0.1, 0.15) is 4.88 Å². The number of nitrogens with zero attached hydrogens (tertiary/aromatic N) is 1. The highest BCUT2D eigenvalue weighted by Crippen LogP contribution is 2.32. The predicted octanol–water partition coefficient (Wildman–Crippen LogP) is 3.18. The van der Waals surface area contributed by atoms with E-state index in [9.17, 15) is 9.59 Å². The Morgan fingerprint density at radius 1 is 1.19 bits per heavy atom. The van der Waals surface area contributed by atoms with Crippen molar-refractivity contribution in [2.75, 3.05) is 32.9 Å². The van der Waals surface area contributed by atoms with Gasteiger partial charge in [0.05, 0.1) is 13.2 Å². The fourth-order valence-electron chi connectivity index (χ4n) is 4.04. The van der Waals surface area contributed by atoms with Crippen LogP contribution in [0.1, 0.15) is 44.6 Å². The Kier molecular flexibility index (Phi) is 7.37. The summed E-state index contributed by atoms with van der Waals surface area (Å²) >= 11 is 1.50. The molecule has 4 rings (SSSR count). The Morgan fingerprint density at radius 3 is 2.71 bits per heavy atom. The number of rotatable bonds is 7. The van der Waals surface area contributed by atoms with Crippen LogP contribution in [0.25, 0.3) is 0 Å². The maximum Gasteiger partial charge on any atom is 0.348 e. The maximum absolute atomic E-state index is 12.3. The Labute approximate surface area is 187 Å². The van der Waals surface area contributed by atoms with Crippen molar-refractivity contribution in [3.63, 3.8) is 0 Å². The Balaban J connectivity index is 1.19. The highest BCUT2D eigenvalue weighted by atomic mass is 32.1. The highest BCUT2D eigenvalue weighted by molar-refractivity contribution is 7.14. The molecule has 1 N–H and O–H groups in total. The second-order valence-electron chi connectivity index (χ2n) is 8.46. The smallest absolute Gasteiger partial charge is 0.348 e. The van der Waals surface area contributed by atoms with Gasteiger partial charge >= 0.3 is 5.97 Å². The summed E-state index contributed by atoms with van der Waals surface area (Å²) in [6.45, 7) is 6.82. The van der Waals surface area contributed by atoms with Crippen LogP contribution in [0.15, 0.2) is 30.3 Å². The zero-order valence-corrected chi connectivity index (χ0v) is 18.8. The van der Waals surface area contributed by atoms with Crippen molar-refractivity contribution < 1.29 is 19.1 Å². The zero-order valence-electron chi connectivity index (χ0n) is 18.0. The minimum Gasteiger partial charge on any atom is -0.451 e. The van der Waals surface area contributed by atoms with Crippen molar-refractivity contribution in [2.24, 2.45) is 5.92 Å². The number of hydrogen-bond donors (Lipinski definition) is 1. The first-order chi connectivity index (χ1) is 15.1. The van der Waals surface area contributed by atoms with E-state index in [2.05, 4.69) is 29.3 Å². The number of morpholine rings is 1. The van der Waals surface area contributed by atoms with Gasteiger partial charge in [-0.1, -0.05) is 31.2 Å². The molecule has 2 aliphatic rings. The van der Waals surface area contributed by atoms with Crippen LogP contribution in [0, 0.1) is 5.92 Å². The lowest BCUT2D eigenvalue weighted by Crippen LogP contribution is -2.35. The molecule has 2 heterocycles. The molecule has 166 valence electrons. The maximum atomic E-state index is 12.3. The van der Waals surface area contributed by atoms with Crippen LogP contribution >= 0.6 is 11.3 Å². The number of hydrogen-bond acceptors (Lipinski definition) is 6. The number of aryl methyl sites for hydroxylation is 1. The van der Waals surface area contributed by atoms with Gasteiger partial charge in [-0.05, 0) is 47.9 Å². The standard InChI is InChI=1S/C24H30N2O4S/c1-17-2-7-21-20(12-17)13-22(31-21)24(28)30-16-23(27)25-14-18-3-5-19(6-4-18)15-26-8-10-29-11-9-26/h3-6,13,17H,2,7-12,14-16H2,1H3,(H,25,27). The van der Waals surface area contributed by atoms with Gasteiger partial charge < -0.3 is 14.8 Å². The summed E-state index contributed by atoms with van der Waals surface area (Å²) < 4.78 is 10.6. The Morgan fingerprint density at radius 2 is 1.94 bits per heavy atom. The summed E-state index contributed by atoms with van der Waals surface area (Å²) in [6, 6.07) is 10.2. The van der Waals surface area contributed by atoms with Crippen molar-refractivity contribution in [3.8, 4) is 0 Å². The third-order valence-electron chi connectivity index (χ3n) is 5.89. The van der Waals surface area contributed by atoms with Gasteiger partial charge in [-0.25, -0.2) is 4.79 Å². The molecule has 0 radical (unpaired) electrons. The molecule has 0 saturated carbocycles. The monoisotopic (exact) mass is 442 g/mol. The molecule has 1 saturated heterocycles. The molecular weight excluding hydrogens is 412 g/mol. The van der Waals surface area contributed by atoms with E-state index < -0.39 is 5.97 Å². The molecular formula is C24H30N2O4S. The lowest BCUT2D eigenvalue weighted by molar-refractivity contribution is -0.124. The third kappa shape index (κ3) is 6.15. The van der Waals surface area contributed by atoms with Crippen LogP contribution in [0.4, 0.5) is 0 Å². The van der Waals surface area contributed by atoms with Gasteiger partial charge in [0.25, 0.3) is 5.91 Å². The predicted molar refractivity (Wildman–Crippen MR) is 120 cm³/mol. The quantitative estimate of drug-likeness (QED) is 0.667. The van der Waals surface area contributed by atoms with Gasteiger partial charge in [-0.15, -0.1) is 11.3 Å². The first-order valence-corrected chi connectivity index (χ1v) is 11.8. The fraction of sp³-hybridized carbons (Fsp3) is 0.500. The third-order valence-corrected chi connectivity index (χ3v) is 7.10. The van der Waals surface area contributed by atoms with Crippen LogP contribution in [0.5, 0.6) is 0 Å². The average molecular weight is 443 g/mol. The number of carbonyl (C=O) groups excluding carboxylic acids is 2. The number of amides is 1. The Hall–Kier alpha value is -2.22. The van der Waals surface area contributed by atoms with E-state index in [4.69, 9.17) is 9.47 Å². The van der Waals surface area contributed by atoms with E-state index in [-0.39, 0.29) is 12.5 Å². The van der Waals surface area contributed by atoms with Crippen molar-refractivity contribution >= 4 is 23.2 Å². The number of thiophene rings is 1. The second-order valence-corrected chi connectivity index (χ2v) is 9.60. The van der Waals surface area contributed by atoms with Crippen LogP contribution in [0.2, 0.25) is 0 Å². The number of esters is 1. The molecule has 1 aliphatic heterocycles. The van der Waals surface area contributed by atoms with Gasteiger partial charge in [0, 0.05) is 31.1 Å². The molecule has 31 heavy (non-hydrogen) atoms. The van der Waals surface area contributed by atoms with E-state index in [1.165, 1.54) is 33.8 Å². The summed E-state index contributed by atoms with van der Waals surface area (Å²) in [5, 5.41) is 2.82. The molecule has 7 heteroatoms. The molecule has 1 atom stereocenters. The lowest BCUT2D eigenvalue weighted by atomic mass is 9.90. The van der Waals surface area contributed by atoms with E-state index in [0.29, 0.717) is 17.3 Å². The first kappa shape index (κ1) is 22.0. The minimum atomic E-state index is -0.408. The largest absolute Gasteiger partial charge is 0.451 e. The number of nitrogens with one attached hydrogen (secondary N) is 1. The number of benzene rings is 1. The molecule has 1 aliphatic carbocycles. The second kappa shape index (κ2) is 10.4.